The second kappa shape index (κ2) is 8.31. The summed E-state index contributed by atoms with van der Waals surface area (Å²) in [5, 5.41) is 6.23. The fourth-order valence-corrected chi connectivity index (χ4v) is 4.02. The van der Waals surface area contributed by atoms with Crippen molar-refractivity contribution in [2.24, 2.45) is 11.8 Å². The Labute approximate surface area is 133 Å². The lowest BCUT2D eigenvalue weighted by Gasteiger charge is -2.24. The highest BCUT2D eigenvalue weighted by Gasteiger charge is 2.30. The molecule has 21 heavy (non-hydrogen) atoms. The minimum atomic E-state index is -3.17. The van der Waals surface area contributed by atoms with Crippen molar-refractivity contribution < 1.29 is 13.2 Å². The lowest BCUT2D eigenvalue weighted by atomic mass is 9.98. The highest BCUT2D eigenvalue weighted by molar-refractivity contribution is 7.88. The van der Waals surface area contributed by atoms with E-state index in [1.54, 1.807) is 0 Å². The van der Waals surface area contributed by atoms with Crippen LogP contribution in [0.25, 0.3) is 0 Å². The summed E-state index contributed by atoms with van der Waals surface area (Å²) in [5.74, 6) is 0.374. The molecular formula is C13H26ClN3O3S. The molecule has 0 spiro atoms. The van der Waals surface area contributed by atoms with Gasteiger partial charge in [-0.15, -0.1) is 12.4 Å². The Morgan fingerprint density at radius 1 is 1.24 bits per heavy atom. The van der Waals surface area contributed by atoms with Crippen molar-refractivity contribution in [3.63, 3.8) is 0 Å². The van der Waals surface area contributed by atoms with Crippen LogP contribution in [-0.2, 0) is 14.8 Å². The average molecular weight is 340 g/mol. The van der Waals surface area contributed by atoms with E-state index in [0.29, 0.717) is 6.54 Å². The van der Waals surface area contributed by atoms with Gasteiger partial charge in [0, 0.05) is 19.1 Å². The molecule has 2 fully saturated rings. The molecule has 1 aliphatic heterocycles. The number of sulfonamides is 1. The maximum Gasteiger partial charge on any atom is 0.224 e. The first-order valence-corrected chi connectivity index (χ1v) is 9.30. The summed E-state index contributed by atoms with van der Waals surface area (Å²) >= 11 is 0. The third kappa shape index (κ3) is 6.10. The minimum Gasteiger partial charge on any atom is -0.355 e. The molecular weight excluding hydrogens is 314 g/mol. The van der Waals surface area contributed by atoms with Crippen LogP contribution in [-0.4, -0.2) is 46.3 Å². The fraction of sp³-hybridized carbons (Fsp3) is 0.923. The number of hydrogen-bond donors (Lipinski definition) is 3. The number of halogens is 1. The van der Waals surface area contributed by atoms with Crippen molar-refractivity contribution in [3.05, 3.63) is 0 Å². The van der Waals surface area contributed by atoms with E-state index in [4.69, 9.17) is 0 Å². The highest BCUT2D eigenvalue weighted by Crippen LogP contribution is 2.25. The van der Waals surface area contributed by atoms with Gasteiger partial charge in [0.15, 0.2) is 0 Å². The van der Waals surface area contributed by atoms with E-state index in [0.717, 1.165) is 45.2 Å². The van der Waals surface area contributed by atoms with Crippen molar-refractivity contribution in [3.8, 4) is 0 Å². The van der Waals surface area contributed by atoms with E-state index in [9.17, 15) is 13.2 Å². The maximum atomic E-state index is 12.1. The summed E-state index contributed by atoms with van der Waals surface area (Å²) in [4.78, 5) is 12.1. The molecule has 0 aromatic carbocycles. The molecule has 1 aliphatic carbocycles. The molecule has 124 valence electrons. The fourth-order valence-electron chi connectivity index (χ4n) is 3.16. The number of amides is 1. The van der Waals surface area contributed by atoms with Gasteiger partial charge in [-0.25, -0.2) is 13.1 Å². The molecule has 0 aromatic rings. The molecule has 6 nitrogen and oxygen atoms in total. The Hall–Kier alpha value is -0.370. The number of nitrogens with one attached hydrogen (secondary N) is 3. The predicted octanol–water partition coefficient (Wildman–Crippen LogP) is 0.242. The number of piperidine rings is 1. The molecule has 2 aliphatic rings. The van der Waals surface area contributed by atoms with Gasteiger partial charge in [-0.1, -0.05) is 6.42 Å². The first-order chi connectivity index (χ1) is 9.46. The van der Waals surface area contributed by atoms with E-state index in [1.165, 1.54) is 6.26 Å². The van der Waals surface area contributed by atoms with Crippen molar-refractivity contribution >= 4 is 28.3 Å². The molecule has 8 heteroatoms. The van der Waals surface area contributed by atoms with Gasteiger partial charge >= 0.3 is 0 Å². The largest absolute Gasteiger partial charge is 0.355 e. The van der Waals surface area contributed by atoms with Gasteiger partial charge in [0.25, 0.3) is 0 Å². The quantitative estimate of drug-likeness (QED) is 0.669. The zero-order chi connectivity index (χ0) is 14.6. The molecule has 1 saturated heterocycles. The number of hydrogen-bond acceptors (Lipinski definition) is 4. The average Bonchev–Trinajstić information content (AvgIpc) is 2.82. The minimum absolute atomic E-state index is 0. The number of carbonyl (C=O) groups is 1. The monoisotopic (exact) mass is 339 g/mol. The topological polar surface area (TPSA) is 87.3 Å². The van der Waals surface area contributed by atoms with Crippen LogP contribution >= 0.6 is 12.4 Å². The van der Waals surface area contributed by atoms with E-state index in [1.807, 2.05) is 0 Å². The summed E-state index contributed by atoms with van der Waals surface area (Å²) in [6.45, 7) is 2.32. The van der Waals surface area contributed by atoms with Crippen LogP contribution < -0.4 is 15.4 Å². The van der Waals surface area contributed by atoms with Crippen LogP contribution in [0.5, 0.6) is 0 Å². The molecule has 2 rings (SSSR count). The lowest BCUT2D eigenvalue weighted by molar-refractivity contribution is -0.125. The first-order valence-electron chi connectivity index (χ1n) is 7.41. The Kier molecular flexibility index (Phi) is 7.39. The van der Waals surface area contributed by atoms with E-state index < -0.39 is 10.0 Å². The first kappa shape index (κ1) is 18.7. The standard InChI is InChI=1S/C13H25N3O3S.ClH/c1-20(18,19)16-12-6-2-4-10(12)9-15-13(17)11-5-3-7-14-8-11;/h10-12,14,16H,2-9H2,1H3,(H,15,17);1H. The van der Waals surface area contributed by atoms with E-state index in [2.05, 4.69) is 15.4 Å². The SMILES string of the molecule is CS(=O)(=O)NC1CCCC1CNC(=O)C1CCCNC1.Cl. The number of carbonyl (C=O) groups excluding carboxylic acids is 1. The van der Waals surface area contributed by atoms with Gasteiger partial charge in [0.1, 0.15) is 0 Å². The highest BCUT2D eigenvalue weighted by atomic mass is 35.5. The van der Waals surface area contributed by atoms with Crippen molar-refractivity contribution in [1.29, 1.82) is 0 Å². The van der Waals surface area contributed by atoms with Crippen LogP contribution in [0.15, 0.2) is 0 Å². The number of rotatable bonds is 5. The van der Waals surface area contributed by atoms with Gasteiger partial charge in [-0.3, -0.25) is 4.79 Å². The van der Waals surface area contributed by atoms with Gasteiger partial charge < -0.3 is 10.6 Å². The molecule has 0 aromatic heterocycles. The van der Waals surface area contributed by atoms with Crippen LogP contribution in [0, 0.1) is 11.8 Å². The van der Waals surface area contributed by atoms with Crippen molar-refractivity contribution in [1.82, 2.24) is 15.4 Å². The molecule has 0 bridgehead atoms. The van der Waals surface area contributed by atoms with Crippen LogP contribution in [0.4, 0.5) is 0 Å². The Morgan fingerprint density at radius 3 is 2.62 bits per heavy atom. The van der Waals surface area contributed by atoms with Gasteiger partial charge in [0.2, 0.25) is 15.9 Å². The molecule has 3 atom stereocenters. The van der Waals surface area contributed by atoms with E-state index in [-0.39, 0.29) is 36.2 Å². The molecule has 1 amide bonds. The summed E-state index contributed by atoms with van der Waals surface area (Å²) in [6.07, 6.45) is 6.01. The molecule has 1 saturated carbocycles. The second-order valence-corrected chi connectivity index (χ2v) is 7.76. The predicted molar refractivity (Wildman–Crippen MR) is 85.0 cm³/mol. The Morgan fingerprint density at radius 2 is 2.00 bits per heavy atom. The van der Waals surface area contributed by atoms with Crippen molar-refractivity contribution in [2.75, 3.05) is 25.9 Å². The molecule has 0 radical (unpaired) electrons. The smallest absolute Gasteiger partial charge is 0.224 e. The third-order valence-corrected chi connectivity index (χ3v) is 4.96. The lowest BCUT2D eigenvalue weighted by Crippen LogP contribution is -2.45. The summed E-state index contributed by atoms with van der Waals surface area (Å²) in [5.41, 5.74) is 0. The Balaban J connectivity index is 0.00000220. The van der Waals surface area contributed by atoms with E-state index >= 15 is 0 Å². The second-order valence-electron chi connectivity index (χ2n) is 5.98. The van der Waals surface area contributed by atoms with Crippen LogP contribution in [0.3, 0.4) is 0 Å². The Bertz CT molecular complexity index is 438. The van der Waals surface area contributed by atoms with Crippen molar-refractivity contribution in [2.45, 2.75) is 38.1 Å². The van der Waals surface area contributed by atoms with Gasteiger partial charge in [-0.05, 0) is 38.1 Å². The van der Waals surface area contributed by atoms with Crippen LogP contribution in [0.2, 0.25) is 0 Å². The van der Waals surface area contributed by atoms with Gasteiger partial charge in [-0.2, -0.15) is 0 Å². The third-order valence-electron chi connectivity index (χ3n) is 4.23. The normalized spacial score (nSPS) is 29.7. The molecule has 3 N–H and O–H groups in total. The zero-order valence-electron chi connectivity index (χ0n) is 12.4. The van der Waals surface area contributed by atoms with Crippen LogP contribution in [0.1, 0.15) is 32.1 Å². The molecule has 1 heterocycles. The van der Waals surface area contributed by atoms with Gasteiger partial charge in [0.05, 0.1) is 12.2 Å². The summed E-state index contributed by atoms with van der Waals surface area (Å²) in [6, 6.07) is -0.0326. The summed E-state index contributed by atoms with van der Waals surface area (Å²) in [7, 11) is -3.17. The maximum absolute atomic E-state index is 12.1. The molecule has 3 unspecified atom stereocenters. The summed E-state index contributed by atoms with van der Waals surface area (Å²) < 4.78 is 25.3. The zero-order valence-corrected chi connectivity index (χ0v) is 14.1.